The van der Waals surface area contributed by atoms with Crippen LogP contribution in [0.15, 0.2) is 24.3 Å². The quantitative estimate of drug-likeness (QED) is 0.924. The Labute approximate surface area is 109 Å². The lowest BCUT2D eigenvalue weighted by molar-refractivity contribution is 0.418. The number of hydrogen-bond acceptors (Lipinski definition) is 5. The van der Waals surface area contributed by atoms with Crippen molar-refractivity contribution < 1.29 is 9.13 Å². The standard InChI is InChI=1S/C12H14FN3OS/c1-16(7-8-4-3-5-9(13)6-8)12-10(17-2)11(14)15-18-12/h3-6H,7H2,1-2H3,(H2,14,15). The van der Waals surface area contributed by atoms with E-state index < -0.39 is 0 Å². The fourth-order valence-corrected chi connectivity index (χ4v) is 2.44. The van der Waals surface area contributed by atoms with E-state index >= 15 is 0 Å². The van der Waals surface area contributed by atoms with Gasteiger partial charge >= 0.3 is 0 Å². The van der Waals surface area contributed by atoms with Gasteiger partial charge in [0.1, 0.15) is 5.82 Å². The van der Waals surface area contributed by atoms with Gasteiger partial charge in [-0.2, -0.15) is 4.37 Å². The van der Waals surface area contributed by atoms with Gasteiger partial charge in [-0.3, -0.25) is 0 Å². The van der Waals surface area contributed by atoms with Crippen LogP contribution in [0.5, 0.6) is 5.75 Å². The Morgan fingerprint density at radius 1 is 1.50 bits per heavy atom. The first-order valence-corrected chi connectivity index (χ1v) is 6.14. The van der Waals surface area contributed by atoms with E-state index in [9.17, 15) is 4.39 Å². The van der Waals surface area contributed by atoms with Crippen LogP contribution in [0.1, 0.15) is 5.56 Å². The molecule has 0 radical (unpaired) electrons. The molecule has 1 heterocycles. The molecule has 0 amide bonds. The van der Waals surface area contributed by atoms with Gasteiger partial charge in [-0.25, -0.2) is 4.39 Å². The van der Waals surface area contributed by atoms with Crippen molar-refractivity contribution in [1.82, 2.24) is 4.37 Å². The summed E-state index contributed by atoms with van der Waals surface area (Å²) >= 11 is 1.26. The molecule has 0 spiro atoms. The maximum atomic E-state index is 13.1. The van der Waals surface area contributed by atoms with E-state index in [0.29, 0.717) is 18.1 Å². The number of nitrogens with zero attached hydrogens (tertiary/aromatic N) is 2. The van der Waals surface area contributed by atoms with E-state index in [1.165, 1.54) is 23.7 Å². The summed E-state index contributed by atoms with van der Waals surface area (Å²) in [5, 5.41) is 0.833. The molecule has 0 aliphatic rings. The lowest BCUT2D eigenvalue weighted by atomic mass is 10.2. The maximum absolute atomic E-state index is 13.1. The van der Waals surface area contributed by atoms with Gasteiger partial charge in [0.05, 0.1) is 7.11 Å². The number of nitrogen functional groups attached to an aromatic ring is 1. The molecule has 96 valence electrons. The summed E-state index contributed by atoms with van der Waals surface area (Å²) in [5.41, 5.74) is 6.58. The Kier molecular flexibility index (Phi) is 3.66. The van der Waals surface area contributed by atoms with Crippen molar-refractivity contribution in [2.45, 2.75) is 6.54 Å². The molecule has 0 aliphatic carbocycles. The number of ether oxygens (including phenoxy) is 1. The smallest absolute Gasteiger partial charge is 0.197 e. The van der Waals surface area contributed by atoms with Gasteiger partial charge < -0.3 is 15.4 Å². The molecule has 18 heavy (non-hydrogen) atoms. The van der Waals surface area contributed by atoms with E-state index in [4.69, 9.17) is 10.5 Å². The highest BCUT2D eigenvalue weighted by molar-refractivity contribution is 7.11. The molecular formula is C12H14FN3OS. The van der Waals surface area contributed by atoms with Crippen LogP contribution in [0.4, 0.5) is 15.2 Å². The third-order valence-electron chi connectivity index (χ3n) is 2.52. The Hall–Kier alpha value is -1.82. The molecular weight excluding hydrogens is 253 g/mol. The predicted octanol–water partition coefficient (Wildman–Crippen LogP) is 2.51. The van der Waals surface area contributed by atoms with Crippen LogP contribution in [0.25, 0.3) is 0 Å². The van der Waals surface area contributed by atoms with E-state index in [-0.39, 0.29) is 5.82 Å². The molecule has 2 rings (SSSR count). The van der Waals surface area contributed by atoms with Crippen molar-refractivity contribution in [1.29, 1.82) is 0 Å². The molecule has 4 nitrogen and oxygen atoms in total. The zero-order chi connectivity index (χ0) is 13.1. The van der Waals surface area contributed by atoms with Crippen molar-refractivity contribution in [3.63, 3.8) is 0 Å². The molecule has 2 N–H and O–H groups in total. The summed E-state index contributed by atoms with van der Waals surface area (Å²) < 4.78 is 22.3. The Bertz CT molecular complexity index is 544. The lowest BCUT2D eigenvalue weighted by Gasteiger charge is -2.18. The van der Waals surface area contributed by atoms with Crippen LogP contribution < -0.4 is 15.4 Å². The number of methoxy groups -OCH3 is 1. The summed E-state index contributed by atoms with van der Waals surface area (Å²) in [6, 6.07) is 6.50. The minimum Gasteiger partial charge on any atom is -0.490 e. The molecule has 1 aromatic heterocycles. The Morgan fingerprint density at radius 3 is 2.94 bits per heavy atom. The Morgan fingerprint density at radius 2 is 2.28 bits per heavy atom. The molecule has 2 aromatic rings. The monoisotopic (exact) mass is 267 g/mol. The number of rotatable bonds is 4. The molecule has 0 aliphatic heterocycles. The van der Waals surface area contributed by atoms with Gasteiger partial charge in [-0.05, 0) is 29.2 Å². The van der Waals surface area contributed by atoms with Crippen molar-refractivity contribution in [3.8, 4) is 5.75 Å². The number of nitrogens with two attached hydrogens (primary N) is 1. The minimum atomic E-state index is -0.239. The molecule has 0 atom stereocenters. The Balaban J connectivity index is 2.19. The molecule has 0 bridgehead atoms. The van der Waals surface area contributed by atoms with Crippen molar-refractivity contribution in [2.75, 3.05) is 24.8 Å². The largest absolute Gasteiger partial charge is 0.490 e. The van der Waals surface area contributed by atoms with E-state index in [1.807, 2.05) is 18.0 Å². The van der Waals surface area contributed by atoms with E-state index in [0.717, 1.165) is 10.6 Å². The third-order valence-corrected chi connectivity index (χ3v) is 3.47. The summed E-state index contributed by atoms with van der Waals surface area (Å²) in [6.07, 6.45) is 0. The predicted molar refractivity (Wildman–Crippen MR) is 71.6 cm³/mol. The van der Waals surface area contributed by atoms with Gasteiger partial charge in [0.15, 0.2) is 16.6 Å². The van der Waals surface area contributed by atoms with Crippen LogP contribution in [-0.2, 0) is 6.54 Å². The molecule has 1 aromatic carbocycles. The second-order valence-corrected chi connectivity index (χ2v) is 4.64. The molecule has 0 saturated heterocycles. The molecule has 0 unspecified atom stereocenters. The summed E-state index contributed by atoms with van der Waals surface area (Å²) in [6.45, 7) is 0.565. The number of anilines is 2. The van der Waals surface area contributed by atoms with Crippen molar-refractivity contribution >= 4 is 22.4 Å². The fourth-order valence-electron chi connectivity index (χ4n) is 1.70. The minimum absolute atomic E-state index is 0.239. The molecule has 0 saturated carbocycles. The van der Waals surface area contributed by atoms with E-state index in [2.05, 4.69) is 4.37 Å². The number of halogens is 1. The van der Waals surface area contributed by atoms with Gasteiger partial charge in [-0.15, -0.1) is 0 Å². The van der Waals surface area contributed by atoms with Gasteiger partial charge in [-0.1, -0.05) is 12.1 Å². The van der Waals surface area contributed by atoms with Crippen molar-refractivity contribution in [2.24, 2.45) is 0 Å². The lowest BCUT2D eigenvalue weighted by Crippen LogP contribution is -2.16. The first-order valence-electron chi connectivity index (χ1n) is 5.36. The average Bonchev–Trinajstić information content (AvgIpc) is 2.70. The van der Waals surface area contributed by atoms with Crippen LogP contribution in [0, 0.1) is 5.82 Å². The highest BCUT2D eigenvalue weighted by Gasteiger charge is 2.16. The van der Waals surface area contributed by atoms with Crippen LogP contribution in [0.2, 0.25) is 0 Å². The fraction of sp³-hybridized carbons (Fsp3) is 0.250. The summed E-state index contributed by atoms with van der Waals surface area (Å²) in [5.74, 6) is 0.708. The zero-order valence-electron chi connectivity index (χ0n) is 10.2. The maximum Gasteiger partial charge on any atom is 0.197 e. The average molecular weight is 267 g/mol. The third kappa shape index (κ3) is 2.53. The number of benzene rings is 1. The van der Waals surface area contributed by atoms with E-state index in [1.54, 1.807) is 13.2 Å². The highest BCUT2D eigenvalue weighted by Crippen LogP contribution is 2.37. The van der Waals surface area contributed by atoms with Crippen LogP contribution in [-0.4, -0.2) is 18.5 Å². The number of aromatic nitrogens is 1. The van der Waals surface area contributed by atoms with Gasteiger partial charge in [0.25, 0.3) is 0 Å². The van der Waals surface area contributed by atoms with Gasteiger partial charge in [0.2, 0.25) is 0 Å². The SMILES string of the molecule is COc1c(N)nsc1N(C)Cc1cccc(F)c1. The molecule has 0 fully saturated rings. The summed E-state index contributed by atoms with van der Waals surface area (Å²) in [7, 11) is 3.44. The zero-order valence-corrected chi connectivity index (χ0v) is 11.0. The normalized spacial score (nSPS) is 10.4. The number of hydrogen-bond donors (Lipinski definition) is 1. The highest BCUT2D eigenvalue weighted by atomic mass is 32.1. The first-order chi connectivity index (χ1) is 8.61. The topological polar surface area (TPSA) is 51.4 Å². The van der Waals surface area contributed by atoms with Crippen molar-refractivity contribution in [3.05, 3.63) is 35.6 Å². The molecule has 6 heteroatoms. The van der Waals surface area contributed by atoms with Crippen LogP contribution in [0.3, 0.4) is 0 Å². The van der Waals surface area contributed by atoms with Crippen LogP contribution >= 0.6 is 11.5 Å². The second-order valence-electron chi connectivity index (χ2n) is 3.89. The summed E-state index contributed by atoms with van der Waals surface area (Å²) in [4.78, 5) is 1.93. The van der Waals surface area contributed by atoms with Gasteiger partial charge in [0, 0.05) is 13.6 Å². The first kappa shape index (κ1) is 12.6. The second kappa shape index (κ2) is 5.22.